The molecule has 0 aromatic carbocycles. The van der Waals surface area contributed by atoms with Crippen molar-refractivity contribution in [2.45, 2.75) is 367 Å². The van der Waals surface area contributed by atoms with Crippen LogP contribution in [0.25, 0.3) is 0 Å². The van der Waals surface area contributed by atoms with E-state index in [1.54, 1.807) is 0 Å². The summed E-state index contributed by atoms with van der Waals surface area (Å²) in [4.78, 5) is 73.0. The topological polar surface area (TPSA) is 237 Å². The predicted molar refractivity (Wildman–Crippen MR) is 418 cm³/mol. The first kappa shape index (κ1) is 98.0. The van der Waals surface area contributed by atoms with Crippen molar-refractivity contribution in [1.29, 1.82) is 0 Å². The molecule has 3 N–H and O–H groups in total. The number of phosphoric acid groups is 2. The number of aliphatic hydroxyl groups is 1. The van der Waals surface area contributed by atoms with Gasteiger partial charge in [0, 0.05) is 25.7 Å². The molecule has 0 radical (unpaired) electrons. The highest BCUT2D eigenvalue weighted by Crippen LogP contribution is 2.45. The van der Waals surface area contributed by atoms with Crippen molar-refractivity contribution in [3.05, 3.63) is 97.2 Å². The Morgan fingerprint density at radius 1 is 0.284 bits per heavy atom. The summed E-state index contributed by atoms with van der Waals surface area (Å²) in [7, 11) is -9.96. The Hall–Kier alpha value is -4.02. The molecule has 0 aromatic heterocycles. The molecule has 0 bridgehead atoms. The molecule has 19 heteroatoms. The SMILES string of the molecule is CC/C=C\C/C=C\C/C=C\C/C=C\CCCCCCCCC(=O)OCC(COP(=O)(O)OCC(O)COP(=O)(O)OCC(COC(=O)CCCCCCCCCCCCCCCCC)OC(=O)CCCCCCC/C=C\C/C=C\CCC)OC(=O)CCCCCCC/C=C\C/C=C\CCCCC. The van der Waals surface area contributed by atoms with Crippen LogP contribution in [-0.2, 0) is 65.4 Å². The molecule has 5 unspecified atom stereocenters. The fourth-order valence-electron chi connectivity index (χ4n) is 10.9. The molecule has 5 atom stereocenters. The second kappa shape index (κ2) is 75.2. The Kier molecular flexibility index (Phi) is 72.3. The largest absolute Gasteiger partial charge is 0.472 e. The lowest BCUT2D eigenvalue weighted by Crippen LogP contribution is -2.30. The molecule has 590 valence electrons. The Bertz CT molecular complexity index is 2310. The van der Waals surface area contributed by atoms with Crippen LogP contribution in [0.2, 0.25) is 0 Å². The number of hydrogen-bond acceptors (Lipinski definition) is 15. The van der Waals surface area contributed by atoms with Gasteiger partial charge in [-0.3, -0.25) is 37.3 Å². The first-order chi connectivity index (χ1) is 49.7. The summed E-state index contributed by atoms with van der Waals surface area (Å²) in [5.74, 6) is -2.20. The first-order valence-corrected chi connectivity index (χ1v) is 43.5. The second-order valence-electron chi connectivity index (χ2n) is 27.0. The van der Waals surface area contributed by atoms with Gasteiger partial charge in [0.15, 0.2) is 12.2 Å². The zero-order chi connectivity index (χ0) is 74.6. The first-order valence-electron chi connectivity index (χ1n) is 40.5. The van der Waals surface area contributed by atoms with E-state index in [9.17, 15) is 43.2 Å². The van der Waals surface area contributed by atoms with E-state index in [0.717, 1.165) is 180 Å². The minimum absolute atomic E-state index is 0.0755. The lowest BCUT2D eigenvalue weighted by atomic mass is 10.0. The van der Waals surface area contributed by atoms with Crippen molar-refractivity contribution in [3.8, 4) is 0 Å². The van der Waals surface area contributed by atoms with Crippen molar-refractivity contribution in [3.63, 3.8) is 0 Å². The fraction of sp³-hybridized carbons (Fsp3) is 0.759. The molecule has 0 spiro atoms. The molecular formula is C83H146O17P2. The van der Waals surface area contributed by atoms with Crippen molar-refractivity contribution in [1.82, 2.24) is 0 Å². The highest BCUT2D eigenvalue weighted by molar-refractivity contribution is 7.47. The van der Waals surface area contributed by atoms with Gasteiger partial charge in [-0.2, -0.15) is 0 Å². The summed E-state index contributed by atoms with van der Waals surface area (Å²) >= 11 is 0. The maximum atomic E-state index is 13.1. The number of carbonyl (C=O) groups excluding carboxylic acids is 4. The fourth-order valence-corrected chi connectivity index (χ4v) is 12.4. The van der Waals surface area contributed by atoms with E-state index in [2.05, 4.69) is 125 Å². The average Bonchev–Trinajstić information content (AvgIpc) is 0.924. The number of allylic oxidation sites excluding steroid dienone is 16. The Morgan fingerprint density at radius 3 is 0.843 bits per heavy atom. The van der Waals surface area contributed by atoms with Crippen LogP contribution >= 0.6 is 15.6 Å². The summed E-state index contributed by atoms with van der Waals surface area (Å²) in [5.41, 5.74) is 0. The summed E-state index contributed by atoms with van der Waals surface area (Å²) < 4.78 is 68.6. The molecule has 0 rings (SSSR count). The Balaban J connectivity index is 5.35. The van der Waals surface area contributed by atoms with Crippen molar-refractivity contribution >= 4 is 39.5 Å². The van der Waals surface area contributed by atoms with E-state index in [4.69, 9.17) is 37.0 Å². The smallest absolute Gasteiger partial charge is 0.462 e. The molecule has 17 nitrogen and oxygen atoms in total. The molecule has 0 aliphatic carbocycles. The molecule has 0 heterocycles. The minimum Gasteiger partial charge on any atom is -0.462 e. The maximum absolute atomic E-state index is 13.1. The number of phosphoric ester groups is 2. The highest BCUT2D eigenvalue weighted by atomic mass is 31.2. The van der Waals surface area contributed by atoms with Gasteiger partial charge in [0.2, 0.25) is 0 Å². The van der Waals surface area contributed by atoms with Crippen LogP contribution in [0, 0.1) is 0 Å². The van der Waals surface area contributed by atoms with Crippen molar-refractivity contribution in [2.24, 2.45) is 0 Å². The van der Waals surface area contributed by atoms with Crippen molar-refractivity contribution in [2.75, 3.05) is 39.6 Å². The number of hydrogen-bond donors (Lipinski definition) is 3. The standard InChI is InChI=1S/C83H146O17P2/c1-5-9-13-17-21-25-29-33-36-37-38-39-42-45-48-52-56-60-64-68-81(86)94-74-79(100-83(88)70-66-62-58-54-50-46-41-35-31-27-23-19-15-11-7-3)76-98-102(91,92)96-72-77(84)71-95-101(89,90)97-75-78(99-82(87)69-65-61-57-53-49-43-32-28-24-20-16-12-8-4)73-93-80(85)67-63-59-55-51-47-44-40-34-30-26-22-18-14-10-6-2/h9,13,16,20-21,23,25,27-28,32-33,35-36,38-39,41,77-79,84H,5-8,10-12,14-15,17-19,22,24,26,29-31,34,37,40,42-76H2,1-4H3,(H,89,90)(H,91,92)/b13-9-,20-16-,25-21-,27-23-,32-28-,36-33-,39-38-,41-35-. The van der Waals surface area contributed by atoms with Crippen LogP contribution in [-0.4, -0.2) is 96.7 Å². The van der Waals surface area contributed by atoms with E-state index >= 15 is 0 Å². The molecule has 0 saturated carbocycles. The normalized spacial score (nSPS) is 14.4. The van der Waals surface area contributed by atoms with E-state index in [1.165, 1.54) is 89.9 Å². The molecule has 0 amide bonds. The molecular weight excluding hydrogens is 1330 g/mol. The van der Waals surface area contributed by atoms with E-state index in [-0.39, 0.29) is 25.7 Å². The van der Waals surface area contributed by atoms with Gasteiger partial charge < -0.3 is 33.8 Å². The van der Waals surface area contributed by atoms with Crippen molar-refractivity contribution < 1.29 is 80.2 Å². The summed E-state index contributed by atoms with van der Waals surface area (Å²) in [6.07, 6.45) is 79.5. The van der Waals surface area contributed by atoms with Gasteiger partial charge in [-0.15, -0.1) is 0 Å². The summed E-state index contributed by atoms with van der Waals surface area (Å²) in [6, 6.07) is 0. The van der Waals surface area contributed by atoms with E-state index in [0.29, 0.717) is 25.7 Å². The molecule has 0 fully saturated rings. The Labute approximate surface area is 620 Å². The van der Waals surface area contributed by atoms with Gasteiger partial charge in [-0.05, 0) is 122 Å². The quantitative estimate of drug-likeness (QED) is 0.0169. The number of aliphatic hydroxyl groups excluding tert-OH is 1. The lowest BCUT2D eigenvalue weighted by molar-refractivity contribution is -0.161. The highest BCUT2D eigenvalue weighted by Gasteiger charge is 2.30. The third-order valence-electron chi connectivity index (χ3n) is 17.0. The maximum Gasteiger partial charge on any atom is 0.472 e. The van der Waals surface area contributed by atoms with Gasteiger partial charge in [-0.1, -0.05) is 298 Å². The summed E-state index contributed by atoms with van der Waals surface area (Å²) in [5, 5.41) is 10.6. The van der Waals surface area contributed by atoms with Gasteiger partial charge in [0.05, 0.1) is 26.4 Å². The monoisotopic (exact) mass is 1480 g/mol. The predicted octanol–water partition coefficient (Wildman–Crippen LogP) is 23.6. The van der Waals surface area contributed by atoms with Crippen LogP contribution in [0.3, 0.4) is 0 Å². The third kappa shape index (κ3) is 74.3. The third-order valence-corrected chi connectivity index (χ3v) is 18.9. The number of ether oxygens (including phenoxy) is 4. The zero-order valence-electron chi connectivity index (χ0n) is 64.5. The molecule has 0 saturated heterocycles. The molecule has 0 aliphatic rings. The van der Waals surface area contributed by atoms with Crippen LogP contribution in [0.5, 0.6) is 0 Å². The van der Waals surface area contributed by atoms with Gasteiger partial charge >= 0.3 is 39.5 Å². The van der Waals surface area contributed by atoms with Crippen LogP contribution < -0.4 is 0 Å². The molecule has 0 aromatic rings. The Morgan fingerprint density at radius 2 is 0.529 bits per heavy atom. The number of unbranched alkanes of at least 4 members (excludes halogenated alkanes) is 34. The van der Waals surface area contributed by atoms with Crippen LogP contribution in [0.15, 0.2) is 97.2 Å². The number of carbonyl (C=O) groups is 4. The lowest BCUT2D eigenvalue weighted by Gasteiger charge is -2.21. The number of esters is 4. The summed E-state index contributed by atoms with van der Waals surface area (Å²) in [6.45, 7) is 4.67. The van der Waals surface area contributed by atoms with Crippen LogP contribution in [0.4, 0.5) is 0 Å². The van der Waals surface area contributed by atoms with Gasteiger partial charge in [0.1, 0.15) is 19.3 Å². The molecule has 102 heavy (non-hydrogen) atoms. The average molecular weight is 1480 g/mol. The minimum atomic E-state index is -4.98. The second-order valence-corrected chi connectivity index (χ2v) is 29.9. The van der Waals surface area contributed by atoms with Gasteiger partial charge in [-0.25, -0.2) is 9.13 Å². The van der Waals surface area contributed by atoms with E-state index < -0.39 is 97.5 Å². The van der Waals surface area contributed by atoms with Gasteiger partial charge in [0.25, 0.3) is 0 Å². The molecule has 0 aliphatic heterocycles. The zero-order valence-corrected chi connectivity index (χ0v) is 66.3. The number of rotatable bonds is 76. The van der Waals surface area contributed by atoms with E-state index in [1.807, 2.05) is 0 Å². The van der Waals surface area contributed by atoms with Crippen LogP contribution in [0.1, 0.15) is 349 Å².